The number of fused-ring (bicyclic) bond motifs is 6. The third-order valence-corrected chi connectivity index (χ3v) is 9.23. The minimum Gasteiger partial charge on any atom is -0.514 e. The number of anilines is 1. The van der Waals surface area contributed by atoms with Gasteiger partial charge in [-0.2, -0.15) is 23.3 Å². The summed E-state index contributed by atoms with van der Waals surface area (Å²) in [6.07, 6.45) is 5.72. The smallest absolute Gasteiger partial charge is 0.514 e. The van der Waals surface area contributed by atoms with Crippen LogP contribution in [0, 0.1) is 18.8 Å². The van der Waals surface area contributed by atoms with E-state index in [2.05, 4.69) is 104 Å². The van der Waals surface area contributed by atoms with Crippen LogP contribution < -0.4 is 5.01 Å². The molecule has 0 spiro atoms. The van der Waals surface area contributed by atoms with Crippen molar-refractivity contribution >= 4 is 55.9 Å². The number of hydrogen-bond donors (Lipinski definition) is 0. The first kappa shape index (κ1) is 34.3. The largest absolute Gasteiger partial charge is 3.00 e. The molecule has 1 aliphatic heterocycles. The number of para-hydroxylation sites is 2. The summed E-state index contributed by atoms with van der Waals surface area (Å²) in [6, 6.07) is 37.2. The Balaban J connectivity index is 0.000000168. The molecule has 8 aromatic rings. The van der Waals surface area contributed by atoms with Crippen molar-refractivity contribution in [1.29, 1.82) is 0 Å². The van der Waals surface area contributed by atoms with Gasteiger partial charge in [-0.3, -0.25) is 4.98 Å². The van der Waals surface area contributed by atoms with Gasteiger partial charge in [0.25, 0.3) is 0 Å². The molecular formula is C43H38IrN5O2. The number of nitrogens with zero attached hydrogens (tertiary/aromatic N) is 5. The van der Waals surface area contributed by atoms with Crippen LogP contribution in [0.4, 0.5) is 5.69 Å². The SMILES string of the molecule is CC(C)c1cc2c(oc3ccccc32)c(C(C)C)c1-n1ccnc1-c1[c-]cccc1.CCN1C=NN(c2[c-]ccc3c2oc2ccccc23)[CH-]1.[Ir+3]. The molecule has 0 unspecified atom stereocenters. The molecule has 0 aliphatic carbocycles. The summed E-state index contributed by atoms with van der Waals surface area (Å²) in [7, 11) is 0. The van der Waals surface area contributed by atoms with E-state index in [1.165, 1.54) is 27.6 Å². The molecule has 0 radical (unpaired) electrons. The molecule has 5 aromatic carbocycles. The quantitative estimate of drug-likeness (QED) is 0.156. The van der Waals surface area contributed by atoms with Crippen molar-refractivity contribution < 1.29 is 28.9 Å². The van der Waals surface area contributed by atoms with Gasteiger partial charge in [0.2, 0.25) is 0 Å². The van der Waals surface area contributed by atoms with Crippen LogP contribution in [-0.2, 0) is 20.1 Å². The van der Waals surface area contributed by atoms with Crippen LogP contribution in [0.25, 0.3) is 61.0 Å². The number of hydrazone groups is 1. The second-order valence-corrected chi connectivity index (χ2v) is 13.1. The molecule has 0 saturated carbocycles. The summed E-state index contributed by atoms with van der Waals surface area (Å²) < 4.78 is 14.6. The first-order chi connectivity index (χ1) is 24.4. The Hall–Kier alpha value is -5.17. The number of furan rings is 2. The fourth-order valence-electron chi connectivity index (χ4n) is 6.80. The fourth-order valence-corrected chi connectivity index (χ4v) is 6.80. The topological polar surface area (TPSA) is 62.9 Å². The standard InChI is InChI=1S/C27H25N2O.C16H13N3O.Ir/c1-17(2)21-16-22-20-12-8-9-13-23(20)30-26(22)24(18(3)4)25(21)29-15-14-28-27(29)19-10-6-5-7-11-19;1-2-18-10-17-19(11-18)14-8-5-7-13-12-6-3-4-9-15(12)20-16(13)14;/h5-10,12-18H,1-4H3;3-7,9-11H,2H2,1H3;/q-1;-2;+3. The van der Waals surface area contributed by atoms with Crippen LogP contribution in [0.5, 0.6) is 0 Å². The summed E-state index contributed by atoms with van der Waals surface area (Å²) in [5.74, 6) is 1.54. The van der Waals surface area contributed by atoms with Crippen molar-refractivity contribution in [1.82, 2.24) is 14.5 Å². The Kier molecular flexibility index (Phi) is 9.56. The Morgan fingerprint density at radius 1 is 0.765 bits per heavy atom. The van der Waals surface area contributed by atoms with E-state index in [-0.39, 0.29) is 26.0 Å². The van der Waals surface area contributed by atoms with Gasteiger partial charge in [-0.05, 0) is 54.8 Å². The van der Waals surface area contributed by atoms with Crippen molar-refractivity contribution in [3.8, 4) is 17.1 Å². The first-order valence-corrected chi connectivity index (χ1v) is 17.2. The minimum absolute atomic E-state index is 0. The molecule has 1 aliphatic rings. The molecule has 0 fully saturated rings. The molecule has 9 rings (SSSR count). The van der Waals surface area contributed by atoms with E-state index in [1.54, 1.807) is 11.3 Å². The van der Waals surface area contributed by atoms with Crippen LogP contribution in [0.3, 0.4) is 0 Å². The van der Waals surface area contributed by atoms with E-state index in [0.717, 1.165) is 56.7 Å². The summed E-state index contributed by atoms with van der Waals surface area (Å²) >= 11 is 0. The van der Waals surface area contributed by atoms with E-state index in [9.17, 15) is 0 Å². The summed E-state index contributed by atoms with van der Waals surface area (Å²) in [5, 5.41) is 10.7. The second kappa shape index (κ2) is 14.2. The van der Waals surface area contributed by atoms with Crippen molar-refractivity contribution in [3.63, 3.8) is 0 Å². The predicted octanol–water partition coefficient (Wildman–Crippen LogP) is 11.1. The Labute approximate surface area is 311 Å². The average Bonchev–Trinajstić information content (AvgIpc) is 3.95. The predicted molar refractivity (Wildman–Crippen MR) is 203 cm³/mol. The van der Waals surface area contributed by atoms with Gasteiger partial charge in [0, 0.05) is 45.4 Å². The zero-order chi connectivity index (χ0) is 34.4. The van der Waals surface area contributed by atoms with E-state index in [0.29, 0.717) is 5.92 Å². The van der Waals surface area contributed by atoms with Gasteiger partial charge in [-0.15, -0.1) is 42.6 Å². The molecule has 0 saturated heterocycles. The third kappa shape index (κ3) is 6.13. The molecule has 8 heteroatoms. The zero-order valence-electron chi connectivity index (χ0n) is 29.2. The number of benzene rings is 5. The molecule has 256 valence electrons. The van der Waals surface area contributed by atoms with E-state index >= 15 is 0 Å². The minimum atomic E-state index is 0. The summed E-state index contributed by atoms with van der Waals surface area (Å²) in [6.45, 7) is 13.9. The Morgan fingerprint density at radius 2 is 1.47 bits per heavy atom. The second-order valence-electron chi connectivity index (χ2n) is 13.1. The van der Waals surface area contributed by atoms with Crippen LogP contribution in [-0.4, -0.2) is 27.3 Å². The maximum Gasteiger partial charge on any atom is 3.00 e. The van der Waals surface area contributed by atoms with Gasteiger partial charge >= 0.3 is 20.1 Å². The molecule has 4 heterocycles. The maximum atomic E-state index is 6.42. The normalized spacial score (nSPS) is 12.8. The van der Waals surface area contributed by atoms with Crippen molar-refractivity contribution in [2.75, 3.05) is 11.6 Å². The van der Waals surface area contributed by atoms with E-state index in [1.807, 2.05) is 72.4 Å². The van der Waals surface area contributed by atoms with Crippen molar-refractivity contribution in [3.05, 3.63) is 133 Å². The molecule has 51 heavy (non-hydrogen) atoms. The van der Waals surface area contributed by atoms with Gasteiger partial charge < -0.3 is 23.3 Å². The fraction of sp³-hybridized carbons (Fsp3) is 0.186. The summed E-state index contributed by atoms with van der Waals surface area (Å²) in [4.78, 5) is 6.70. The molecular weight excluding hydrogens is 811 g/mol. The molecule has 0 amide bonds. The van der Waals surface area contributed by atoms with Crippen LogP contribution >= 0.6 is 0 Å². The Bertz CT molecular complexity index is 2490. The van der Waals surface area contributed by atoms with Crippen LogP contribution in [0.15, 0.2) is 117 Å². The average molecular weight is 849 g/mol. The molecule has 3 aromatic heterocycles. The molecule has 7 nitrogen and oxygen atoms in total. The molecule has 0 bridgehead atoms. The summed E-state index contributed by atoms with van der Waals surface area (Å²) in [5.41, 5.74) is 9.14. The number of imidazole rings is 1. The maximum absolute atomic E-state index is 6.42. The van der Waals surface area contributed by atoms with Crippen LogP contribution in [0.1, 0.15) is 57.6 Å². The first-order valence-electron chi connectivity index (χ1n) is 17.2. The van der Waals surface area contributed by atoms with Gasteiger partial charge in [0.15, 0.2) is 0 Å². The molecule has 0 N–H and O–H groups in total. The van der Waals surface area contributed by atoms with Crippen LogP contribution in [0.2, 0.25) is 0 Å². The number of hydrogen-bond acceptors (Lipinski definition) is 6. The van der Waals surface area contributed by atoms with Crippen molar-refractivity contribution in [2.24, 2.45) is 5.10 Å². The monoisotopic (exact) mass is 849 g/mol. The van der Waals surface area contributed by atoms with Gasteiger partial charge in [-0.1, -0.05) is 69.5 Å². The zero-order valence-corrected chi connectivity index (χ0v) is 31.6. The van der Waals surface area contributed by atoms with Gasteiger partial charge in [0.1, 0.15) is 16.7 Å². The number of aromatic nitrogens is 2. The molecule has 0 atom stereocenters. The third-order valence-electron chi connectivity index (χ3n) is 9.23. The van der Waals surface area contributed by atoms with Gasteiger partial charge in [-0.25, -0.2) is 0 Å². The number of rotatable bonds is 6. The van der Waals surface area contributed by atoms with E-state index in [4.69, 9.17) is 8.83 Å². The van der Waals surface area contributed by atoms with E-state index < -0.39 is 0 Å². The van der Waals surface area contributed by atoms with Gasteiger partial charge in [0.05, 0.1) is 12.2 Å². The Morgan fingerprint density at radius 3 is 2.14 bits per heavy atom. The van der Waals surface area contributed by atoms with Crippen molar-refractivity contribution in [2.45, 2.75) is 46.5 Å².